The molecule has 0 fully saturated rings. The van der Waals surface area contributed by atoms with Crippen LogP contribution in [-0.2, 0) is 22.5 Å². The molecule has 0 saturated carbocycles. The SMILES string of the molecule is COc1ccc(CNC(=O)c2cc3nc(C)c([C@H](OC(C)(C)C)C(=O)O)c(-c4cc(F)c5c(c4C)CCCO5)n3n2)cc1. The maximum atomic E-state index is 15.5. The van der Waals surface area contributed by atoms with Crippen LogP contribution in [0.1, 0.15) is 71.7 Å². The summed E-state index contributed by atoms with van der Waals surface area (Å²) in [6.07, 6.45) is -0.120. The number of hydrogen-bond donors (Lipinski definition) is 2. The summed E-state index contributed by atoms with van der Waals surface area (Å²) in [6.45, 7) is 9.45. The number of carbonyl (C=O) groups excluding carboxylic acids is 1. The zero-order chi connectivity index (χ0) is 31.1. The molecule has 4 aromatic rings. The number of amides is 1. The summed E-state index contributed by atoms with van der Waals surface area (Å²) in [5.74, 6) is -1.33. The van der Waals surface area contributed by atoms with Crippen LogP contribution < -0.4 is 14.8 Å². The zero-order valence-corrected chi connectivity index (χ0v) is 25.1. The van der Waals surface area contributed by atoms with E-state index in [1.165, 1.54) is 16.6 Å². The van der Waals surface area contributed by atoms with Crippen molar-refractivity contribution in [2.75, 3.05) is 13.7 Å². The van der Waals surface area contributed by atoms with Crippen molar-refractivity contribution in [2.24, 2.45) is 0 Å². The average molecular weight is 591 g/mol. The third-order valence-electron chi connectivity index (χ3n) is 7.32. The Balaban J connectivity index is 1.67. The number of benzene rings is 2. The Hall–Kier alpha value is -4.51. The van der Waals surface area contributed by atoms with Crippen LogP contribution in [0.25, 0.3) is 16.9 Å². The van der Waals surface area contributed by atoms with Crippen molar-refractivity contribution in [3.05, 3.63) is 75.9 Å². The van der Waals surface area contributed by atoms with Gasteiger partial charge < -0.3 is 24.6 Å². The van der Waals surface area contributed by atoms with E-state index in [0.717, 1.165) is 17.5 Å². The first kappa shape index (κ1) is 30.0. The van der Waals surface area contributed by atoms with E-state index in [-0.39, 0.29) is 29.2 Å². The zero-order valence-electron chi connectivity index (χ0n) is 25.1. The molecule has 0 unspecified atom stereocenters. The van der Waals surface area contributed by atoms with Gasteiger partial charge in [0, 0.05) is 35.0 Å². The second-order valence-electron chi connectivity index (χ2n) is 11.5. The van der Waals surface area contributed by atoms with E-state index in [0.29, 0.717) is 41.2 Å². The van der Waals surface area contributed by atoms with Crippen LogP contribution in [0.2, 0.25) is 0 Å². The third kappa shape index (κ3) is 6.03. The number of halogens is 1. The molecule has 3 heterocycles. The second-order valence-corrected chi connectivity index (χ2v) is 11.5. The van der Waals surface area contributed by atoms with Crippen molar-refractivity contribution < 1.29 is 33.3 Å². The van der Waals surface area contributed by atoms with Gasteiger partial charge in [0.05, 0.1) is 25.0 Å². The van der Waals surface area contributed by atoms with Crippen LogP contribution in [0, 0.1) is 19.7 Å². The number of hydrogen-bond acceptors (Lipinski definition) is 7. The Morgan fingerprint density at radius 3 is 2.56 bits per heavy atom. The van der Waals surface area contributed by atoms with Gasteiger partial charge in [0.1, 0.15) is 5.75 Å². The Labute approximate surface area is 248 Å². The van der Waals surface area contributed by atoms with Crippen molar-refractivity contribution in [1.29, 1.82) is 0 Å². The molecular formula is C32H35FN4O6. The highest BCUT2D eigenvalue weighted by Crippen LogP contribution is 2.41. The third-order valence-corrected chi connectivity index (χ3v) is 7.32. The lowest BCUT2D eigenvalue weighted by molar-refractivity contribution is -0.160. The molecular weight excluding hydrogens is 555 g/mol. The minimum absolute atomic E-state index is 0.0712. The quantitative estimate of drug-likeness (QED) is 0.281. The van der Waals surface area contributed by atoms with Crippen molar-refractivity contribution in [3.63, 3.8) is 0 Å². The summed E-state index contributed by atoms with van der Waals surface area (Å²) < 4.78 is 33.8. The van der Waals surface area contributed by atoms with Gasteiger partial charge >= 0.3 is 5.97 Å². The predicted molar refractivity (Wildman–Crippen MR) is 157 cm³/mol. The smallest absolute Gasteiger partial charge is 0.337 e. The van der Waals surface area contributed by atoms with Crippen LogP contribution in [-0.4, -0.2) is 50.9 Å². The lowest BCUT2D eigenvalue weighted by Gasteiger charge is -2.28. The molecule has 0 radical (unpaired) electrons. The number of nitrogens with zero attached hydrogens (tertiary/aromatic N) is 3. The summed E-state index contributed by atoms with van der Waals surface area (Å²) in [4.78, 5) is 30.5. The van der Waals surface area contributed by atoms with Crippen LogP contribution in [0.3, 0.4) is 0 Å². The van der Waals surface area contributed by atoms with E-state index in [9.17, 15) is 14.7 Å². The van der Waals surface area contributed by atoms with Gasteiger partial charge in [-0.25, -0.2) is 18.7 Å². The van der Waals surface area contributed by atoms with E-state index in [1.807, 2.05) is 19.1 Å². The predicted octanol–water partition coefficient (Wildman–Crippen LogP) is 5.36. The fourth-order valence-corrected chi connectivity index (χ4v) is 5.32. The van der Waals surface area contributed by atoms with Gasteiger partial charge in [-0.3, -0.25) is 4.79 Å². The van der Waals surface area contributed by atoms with Crippen molar-refractivity contribution in [3.8, 4) is 22.8 Å². The first-order valence-corrected chi connectivity index (χ1v) is 14.0. The van der Waals surface area contributed by atoms with Gasteiger partial charge in [-0.15, -0.1) is 0 Å². The molecule has 11 heteroatoms. The van der Waals surface area contributed by atoms with Gasteiger partial charge in [0.15, 0.2) is 29.0 Å². The highest BCUT2D eigenvalue weighted by Gasteiger charge is 2.35. The number of carboxylic acids is 1. The number of aromatic nitrogens is 3. The molecule has 2 N–H and O–H groups in total. The first-order valence-electron chi connectivity index (χ1n) is 14.0. The number of fused-ring (bicyclic) bond motifs is 2. The lowest BCUT2D eigenvalue weighted by Crippen LogP contribution is -2.29. The van der Waals surface area contributed by atoms with Gasteiger partial charge in [0.2, 0.25) is 0 Å². The van der Waals surface area contributed by atoms with Crippen LogP contribution >= 0.6 is 0 Å². The number of aryl methyl sites for hydroxylation is 1. The standard InChI is InChI=1S/C32H35FN4O6/c1-17-21-8-7-13-42-28(21)23(33)14-22(17)27-26(29(31(39)40)43-32(3,4)5)18(2)35-25-15-24(36-37(25)27)30(38)34-16-19-9-11-20(41-6)12-10-19/h9-12,14-15,29H,7-8,13,16H2,1-6H3,(H,34,38)(H,39,40)/t29-/m0/s1. The fourth-order valence-electron chi connectivity index (χ4n) is 5.32. The van der Waals surface area contributed by atoms with Gasteiger partial charge in [0.25, 0.3) is 5.91 Å². The molecule has 2 aromatic carbocycles. The Morgan fingerprint density at radius 2 is 1.91 bits per heavy atom. The molecule has 10 nitrogen and oxygen atoms in total. The molecule has 0 saturated heterocycles. The fraction of sp³-hybridized carbons (Fsp3) is 0.375. The molecule has 43 heavy (non-hydrogen) atoms. The maximum Gasteiger partial charge on any atom is 0.337 e. The Morgan fingerprint density at radius 1 is 1.19 bits per heavy atom. The summed E-state index contributed by atoms with van der Waals surface area (Å²) in [7, 11) is 1.58. The summed E-state index contributed by atoms with van der Waals surface area (Å²) in [5.41, 5.74) is 3.14. The largest absolute Gasteiger partial charge is 0.497 e. The van der Waals surface area contributed by atoms with Crippen LogP contribution in [0.15, 0.2) is 36.4 Å². The molecule has 0 spiro atoms. The van der Waals surface area contributed by atoms with Gasteiger partial charge in [-0.2, -0.15) is 5.10 Å². The van der Waals surface area contributed by atoms with E-state index in [2.05, 4.69) is 15.4 Å². The molecule has 226 valence electrons. The first-order chi connectivity index (χ1) is 20.4. The molecule has 1 aliphatic heterocycles. The number of nitrogens with one attached hydrogen (secondary N) is 1. The van der Waals surface area contributed by atoms with Gasteiger partial charge in [-0.1, -0.05) is 12.1 Å². The number of carboxylic acid groups (broad SMARTS) is 1. The monoisotopic (exact) mass is 590 g/mol. The minimum atomic E-state index is -1.45. The molecule has 1 aliphatic rings. The highest BCUT2D eigenvalue weighted by molar-refractivity contribution is 5.93. The average Bonchev–Trinajstić information content (AvgIpc) is 3.39. The number of aliphatic carboxylic acids is 1. The van der Waals surface area contributed by atoms with E-state index < -0.39 is 29.4 Å². The van der Waals surface area contributed by atoms with Crippen molar-refractivity contribution >= 4 is 17.5 Å². The van der Waals surface area contributed by atoms with E-state index >= 15 is 4.39 Å². The summed E-state index contributed by atoms with van der Waals surface area (Å²) in [5, 5.41) is 17.8. The minimum Gasteiger partial charge on any atom is -0.497 e. The van der Waals surface area contributed by atoms with Gasteiger partial charge in [-0.05, 0) is 76.8 Å². The normalized spacial score (nSPS) is 13.7. The number of carbonyl (C=O) groups is 2. The molecule has 2 aromatic heterocycles. The summed E-state index contributed by atoms with van der Waals surface area (Å²) in [6, 6.07) is 10.1. The molecule has 1 atom stereocenters. The lowest BCUT2D eigenvalue weighted by atomic mass is 9.91. The van der Waals surface area contributed by atoms with Crippen LogP contribution in [0.4, 0.5) is 4.39 Å². The van der Waals surface area contributed by atoms with Crippen molar-refractivity contribution in [1.82, 2.24) is 19.9 Å². The molecule has 0 bridgehead atoms. The topological polar surface area (TPSA) is 124 Å². The van der Waals surface area contributed by atoms with Crippen LogP contribution in [0.5, 0.6) is 11.5 Å². The Bertz CT molecular complexity index is 1710. The maximum absolute atomic E-state index is 15.5. The second kappa shape index (κ2) is 11.6. The highest BCUT2D eigenvalue weighted by atomic mass is 19.1. The van der Waals surface area contributed by atoms with E-state index in [1.54, 1.807) is 46.9 Å². The molecule has 1 amide bonds. The van der Waals surface area contributed by atoms with E-state index in [4.69, 9.17) is 14.2 Å². The Kier molecular flexibility index (Phi) is 8.11. The number of methoxy groups -OCH3 is 1. The summed E-state index contributed by atoms with van der Waals surface area (Å²) >= 11 is 0. The molecule has 5 rings (SSSR count). The molecule has 0 aliphatic carbocycles. The van der Waals surface area contributed by atoms with Crippen molar-refractivity contribution in [2.45, 2.75) is 65.7 Å². The number of ether oxygens (including phenoxy) is 3. The number of rotatable bonds is 8.